The summed E-state index contributed by atoms with van der Waals surface area (Å²) in [6.07, 6.45) is 0. The van der Waals surface area contributed by atoms with Gasteiger partial charge >= 0.3 is 0 Å². The van der Waals surface area contributed by atoms with Crippen LogP contribution in [0, 0.1) is 5.82 Å². The van der Waals surface area contributed by atoms with E-state index in [0.717, 1.165) is 27.7 Å². The second kappa shape index (κ2) is 5.94. The Balaban J connectivity index is 1.67. The summed E-state index contributed by atoms with van der Waals surface area (Å²) < 4.78 is 14.9. The Bertz CT molecular complexity index is 1290. The standard InChI is InChI=1S/C24H16ClFN2O/c25-17-9-5-10-18(26)21(17)16-12-28-23(13-6-1-2-7-14(13)24(28)29)22-20(16)15-8-3-4-11-19(15)27-22/h1-11,16,23,27H,12H2. The Morgan fingerprint density at radius 1 is 0.966 bits per heavy atom. The number of rotatable bonds is 1. The van der Waals surface area contributed by atoms with Gasteiger partial charge in [-0.2, -0.15) is 0 Å². The van der Waals surface area contributed by atoms with Crippen LogP contribution in [-0.2, 0) is 0 Å². The second-order valence-corrected chi connectivity index (χ2v) is 8.04. The van der Waals surface area contributed by atoms with Crippen molar-refractivity contribution >= 4 is 28.4 Å². The number of carbonyl (C=O) groups excluding carboxylic acids is 1. The molecule has 6 rings (SSSR count). The molecule has 0 bridgehead atoms. The van der Waals surface area contributed by atoms with Crippen LogP contribution in [0.2, 0.25) is 5.02 Å². The Labute approximate surface area is 171 Å². The lowest BCUT2D eigenvalue weighted by Crippen LogP contribution is -2.38. The van der Waals surface area contributed by atoms with Crippen LogP contribution in [0.3, 0.4) is 0 Å². The number of amides is 1. The van der Waals surface area contributed by atoms with E-state index in [0.29, 0.717) is 22.7 Å². The van der Waals surface area contributed by atoms with E-state index in [1.165, 1.54) is 6.07 Å². The molecule has 0 saturated carbocycles. The van der Waals surface area contributed by atoms with Gasteiger partial charge in [-0.25, -0.2) is 4.39 Å². The molecule has 4 aromatic rings. The second-order valence-electron chi connectivity index (χ2n) is 7.63. The molecule has 1 N–H and O–H groups in total. The Hall–Kier alpha value is -3.11. The first-order chi connectivity index (χ1) is 14.1. The summed E-state index contributed by atoms with van der Waals surface area (Å²) in [5, 5.41) is 1.43. The van der Waals surface area contributed by atoms with Gasteiger partial charge in [0.25, 0.3) is 5.91 Å². The number of para-hydroxylation sites is 1. The van der Waals surface area contributed by atoms with Gasteiger partial charge in [0.2, 0.25) is 0 Å². The topological polar surface area (TPSA) is 36.1 Å². The summed E-state index contributed by atoms with van der Waals surface area (Å²) in [7, 11) is 0. The highest BCUT2D eigenvalue weighted by Gasteiger charge is 2.46. The van der Waals surface area contributed by atoms with Gasteiger partial charge in [-0.15, -0.1) is 0 Å². The number of benzene rings is 3. The van der Waals surface area contributed by atoms with Gasteiger partial charge < -0.3 is 9.88 Å². The lowest BCUT2D eigenvalue weighted by Gasteiger charge is -2.36. The van der Waals surface area contributed by atoms with Crippen molar-refractivity contribution in [2.45, 2.75) is 12.0 Å². The van der Waals surface area contributed by atoms with E-state index in [1.54, 1.807) is 12.1 Å². The third-order valence-corrected chi connectivity index (χ3v) is 6.51. The van der Waals surface area contributed by atoms with Crippen molar-refractivity contribution in [1.82, 2.24) is 9.88 Å². The zero-order valence-corrected chi connectivity index (χ0v) is 16.1. The van der Waals surface area contributed by atoms with E-state index < -0.39 is 0 Å². The molecule has 2 unspecified atom stereocenters. The number of aromatic nitrogens is 1. The molecule has 29 heavy (non-hydrogen) atoms. The van der Waals surface area contributed by atoms with Crippen LogP contribution in [0.5, 0.6) is 0 Å². The van der Waals surface area contributed by atoms with E-state index in [2.05, 4.69) is 4.98 Å². The number of halogens is 2. The molecular weight excluding hydrogens is 387 g/mol. The highest BCUT2D eigenvalue weighted by Crippen LogP contribution is 2.50. The number of hydrogen-bond donors (Lipinski definition) is 1. The van der Waals surface area contributed by atoms with Crippen LogP contribution in [0.25, 0.3) is 10.9 Å². The molecule has 3 aromatic carbocycles. The fourth-order valence-corrected chi connectivity index (χ4v) is 5.31. The molecule has 2 aliphatic rings. The van der Waals surface area contributed by atoms with Crippen molar-refractivity contribution in [2.75, 3.05) is 6.54 Å². The number of nitrogens with one attached hydrogen (secondary N) is 1. The molecule has 0 fully saturated rings. The maximum absolute atomic E-state index is 14.9. The van der Waals surface area contributed by atoms with Gasteiger partial charge in [0.15, 0.2) is 0 Å². The van der Waals surface area contributed by atoms with Crippen molar-refractivity contribution in [2.24, 2.45) is 0 Å². The zero-order chi connectivity index (χ0) is 19.7. The molecular formula is C24H16ClFN2O. The fourth-order valence-electron chi connectivity index (χ4n) is 5.01. The zero-order valence-electron chi connectivity index (χ0n) is 15.3. The molecule has 0 saturated heterocycles. The van der Waals surface area contributed by atoms with Crippen LogP contribution < -0.4 is 0 Å². The van der Waals surface area contributed by atoms with E-state index in [1.807, 2.05) is 53.4 Å². The van der Waals surface area contributed by atoms with Gasteiger partial charge in [0, 0.05) is 45.2 Å². The highest BCUT2D eigenvalue weighted by atomic mass is 35.5. The number of hydrogen-bond acceptors (Lipinski definition) is 1. The van der Waals surface area contributed by atoms with Gasteiger partial charge in [0.1, 0.15) is 5.82 Å². The molecule has 2 atom stereocenters. The first kappa shape index (κ1) is 16.8. The van der Waals surface area contributed by atoms with Gasteiger partial charge in [-0.1, -0.05) is 54.1 Å². The summed E-state index contributed by atoms with van der Waals surface area (Å²) in [5.74, 6) is -0.710. The van der Waals surface area contributed by atoms with E-state index in [9.17, 15) is 9.18 Å². The van der Waals surface area contributed by atoms with Gasteiger partial charge in [-0.3, -0.25) is 4.79 Å². The largest absolute Gasteiger partial charge is 0.356 e. The summed E-state index contributed by atoms with van der Waals surface area (Å²) in [6, 6.07) is 20.3. The fraction of sp³-hybridized carbons (Fsp3) is 0.125. The minimum absolute atomic E-state index is 0.0210. The van der Waals surface area contributed by atoms with Gasteiger partial charge in [-0.05, 0) is 35.4 Å². The maximum Gasteiger partial charge on any atom is 0.255 e. The van der Waals surface area contributed by atoms with E-state index >= 15 is 0 Å². The predicted octanol–water partition coefficient (Wildman–Crippen LogP) is 5.65. The highest BCUT2D eigenvalue weighted by molar-refractivity contribution is 6.31. The monoisotopic (exact) mass is 402 g/mol. The number of aromatic amines is 1. The molecule has 0 spiro atoms. The molecule has 1 amide bonds. The lowest BCUT2D eigenvalue weighted by molar-refractivity contribution is 0.0727. The summed E-state index contributed by atoms with van der Waals surface area (Å²) in [6.45, 7) is 0.383. The number of carbonyl (C=O) groups is 1. The molecule has 0 aliphatic carbocycles. The normalized spacial score (nSPS) is 19.9. The Morgan fingerprint density at radius 2 is 1.76 bits per heavy atom. The lowest BCUT2D eigenvalue weighted by atomic mass is 9.82. The first-order valence-electron chi connectivity index (χ1n) is 9.59. The number of H-pyrrole nitrogens is 1. The maximum atomic E-state index is 14.9. The third kappa shape index (κ3) is 2.21. The molecule has 142 valence electrons. The first-order valence-corrected chi connectivity index (χ1v) is 9.97. The molecule has 2 aliphatic heterocycles. The van der Waals surface area contributed by atoms with Crippen LogP contribution in [-0.4, -0.2) is 22.3 Å². The quantitative estimate of drug-likeness (QED) is 0.438. The Kier molecular flexibility index (Phi) is 3.44. The molecule has 1 aromatic heterocycles. The van der Waals surface area contributed by atoms with Crippen molar-refractivity contribution in [3.05, 3.63) is 106 Å². The van der Waals surface area contributed by atoms with Crippen LogP contribution in [0.4, 0.5) is 4.39 Å². The van der Waals surface area contributed by atoms with Crippen molar-refractivity contribution < 1.29 is 9.18 Å². The summed E-state index contributed by atoms with van der Waals surface area (Å²) in [4.78, 5) is 18.6. The molecule has 5 heteroatoms. The van der Waals surface area contributed by atoms with Crippen LogP contribution in [0.15, 0.2) is 66.7 Å². The minimum Gasteiger partial charge on any atom is -0.356 e. The average molecular weight is 403 g/mol. The van der Waals surface area contributed by atoms with Gasteiger partial charge in [0.05, 0.1) is 6.04 Å². The molecule has 0 radical (unpaired) electrons. The molecule has 3 nitrogen and oxygen atoms in total. The predicted molar refractivity (Wildman–Crippen MR) is 111 cm³/mol. The summed E-state index contributed by atoms with van der Waals surface area (Å²) >= 11 is 6.46. The smallest absolute Gasteiger partial charge is 0.255 e. The third-order valence-electron chi connectivity index (χ3n) is 6.18. The van der Waals surface area contributed by atoms with Crippen LogP contribution >= 0.6 is 11.6 Å². The number of fused-ring (bicyclic) bond motifs is 7. The SMILES string of the molecule is O=C1c2ccccc2C2c3[nH]c4ccccc4c3C(c3c(F)cccc3Cl)CN12. The van der Waals surface area contributed by atoms with E-state index in [4.69, 9.17) is 11.6 Å². The van der Waals surface area contributed by atoms with Crippen molar-refractivity contribution in [3.8, 4) is 0 Å². The Morgan fingerprint density at radius 3 is 2.62 bits per heavy atom. The summed E-state index contributed by atoms with van der Waals surface area (Å²) in [5.41, 5.74) is 5.10. The molecule has 3 heterocycles. The van der Waals surface area contributed by atoms with Crippen LogP contribution in [0.1, 0.15) is 44.7 Å². The van der Waals surface area contributed by atoms with Crippen molar-refractivity contribution in [1.29, 1.82) is 0 Å². The average Bonchev–Trinajstić information content (AvgIpc) is 3.24. The number of nitrogens with zero attached hydrogens (tertiary/aromatic N) is 1. The van der Waals surface area contributed by atoms with Crippen molar-refractivity contribution in [3.63, 3.8) is 0 Å². The van der Waals surface area contributed by atoms with E-state index in [-0.39, 0.29) is 23.7 Å². The minimum atomic E-state index is -0.346.